The summed E-state index contributed by atoms with van der Waals surface area (Å²) in [4.78, 5) is 27.2. The number of furan rings is 1. The quantitative estimate of drug-likeness (QED) is 0.394. The Morgan fingerprint density at radius 1 is 1.14 bits per heavy atom. The van der Waals surface area contributed by atoms with Crippen LogP contribution < -0.4 is 10.1 Å². The molecule has 4 rings (SSSR count). The van der Waals surface area contributed by atoms with Gasteiger partial charge in [0.25, 0.3) is 5.91 Å². The first-order valence-electron chi connectivity index (χ1n) is 12.5. The molecule has 2 heterocycles. The fourth-order valence-corrected chi connectivity index (χ4v) is 4.51. The smallest absolute Gasteiger partial charge is 0.287 e. The van der Waals surface area contributed by atoms with Crippen LogP contribution in [0.25, 0.3) is 0 Å². The molecule has 2 aromatic carbocycles. The third kappa shape index (κ3) is 6.57. The van der Waals surface area contributed by atoms with Gasteiger partial charge in [0.15, 0.2) is 5.76 Å². The van der Waals surface area contributed by atoms with Gasteiger partial charge in [-0.05, 0) is 65.4 Å². The predicted molar refractivity (Wildman–Crippen MR) is 137 cm³/mol. The Morgan fingerprint density at radius 3 is 2.65 bits per heavy atom. The second kappa shape index (κ2) is 12.1. The molecule has 0 bridgehead atoms. The van der Waals surface area contributed by atoms with E-state index in [1.54, 1.807) is 31.4 Å². The minimum absolute atomic E-state index is 0.0770. The fourth-order valence-electron chi connectivity index (χ4n) is 4.51. The van der Waals surface area contributed by atoms with Crippen LogP contribution >= 0.6 is 0 Å². The van der Waals surface area contributed by atoms with Crippen molar-refractivity contribution in [2.24, 2.45) is 5.92 Å². The van der Waals surface area contributed by atoms with Gasteiger partial charge in [0.05, 0.1) is 12.6 Å². The molecule has 1 aliphatic heterocycles. The summed E-state index contributed by atoms with van der Waals surface area (Å²) in [5.41, 5.74) is 2.94. The van der Waals surface area contributed by atoms with E-state index in [-0.39, 0.29) is 42.0 Å². The number of halogens is 1. The largest absolute Gasteiger partial charge is 0.486 e. The second-order valence-corrected chi connectivity index (χ2v) is 9.55. The van der Waals surface area contributed by atoms with E-state index < -0.39 is 0 Å². The number of amides is 2. The number of carbonyl (C=O) groups excluding carboxylic acids is 2. The Bertz CT molecular complexity index is 1220. The molecule has 0 saturated heterocycles. The lowest BCUT2D eigenvalue weighted by Crippen LogP contribution is -2.41. The second-order valence-electron chi connectivity index (χ2n) is 9.55. The minimum Gasteiger partial charge on any atom is -0.486 e. The molecule has 1 N–H and O–H groups in total. The Hall–Kier alpha value is -3.65. The summed E-state index contributed by atoms with van der Waals surface area (Å²) < 4.78 is 30.3. The lowest BCUT2D eigenvalue weighted by molar-refractivity contribution is -0.134. The molecule has 2 amide bonds. The Kier molecular flexibility index (Phi) is 8.61. The number of carbonyl (C=O) groups is 2. The maximum absolute atomic E-state index is 13.7. The minimum atomic E-state index is -0.329. The van der Waals surface area contributed by atoms with Gasteiger partial charge < -0.3 is 24.1 Å². The highest BCUT2D eigenvalue weighted by atomic mass is 19.1. The van der Waals surface area contributed by atoms with Crippen molar-refractivity contribution in [1.82, 2.24) is 10.2 Å². The lowest BCUT2D eigenvalue weighted by Gasteiger charge is -2.38. The standard InChI is InChI=1S/C29H33FN2O5/c1-19(2)16-27(33)32-14-12-20-6-9-23(17-25(20)28(32)21-4-7-22(30)8-5-21)36-18-24-10-11-26(37-24)29(34)31-13-15-35-3/h4-11,17,19,28H,12-16,18H2,1-3H3,(H,31,34)/t28-/m1/s1. The number of hydrogen-bond donors (Lipinski definition) is 1. The van der Waals surface area contributed by atoms with Crippen LogP contribution in [0.5, 0.6) is 5.75 Å². The molecule has 0 radical (unpaired) electrons. The van der Waals surface area contributed by atoms with Crippen LogP contribution in [0.3, 0.4) is 0 Å². The SMILES string of the molecule is COCCNC(=O)c1ccc(COc2ccc3c(c2)[C@@H](c2ccc(F)cc2)N(C(=O)CC(C)C)CC3)o1. The average Bonchev–Trinajstić information content (AvgIpc) is 3.36. The summed E-state index contributed by atoms with van der Waals surface area (Å²) in [6.45, 7) is 5.60. The zero-order valence-electron chi connectivity index (χ0n) is 21.5. The molecular formula is C29H33FN2O5. The van der Waals surface area contributed by atoms with E-state index in [2.05, 4.69) is 5.32 Å². The van der Waals surface area contributed by atoms with Crippen molar-refractivity contribution in [2.75, 3.05) is 26.8 Å². The number of methoxy groups -OCH3 is 1. The molecule has 0 unspecified atom stereocenters. The molecule has 7 nitrogen and oxygen atoms in total. The Morgan fingerprint density at radius 2 is 1.92 bits per heavy atom. The van der Waals surface area contributed by atoms with Crippen LogP contribution in [0.2, 0.25) is 0 Å². The zero-order valence-corrected chi connectivity index (χ0v) is 21.5. The number of benzene rings is 2. The van der Waals surface area contributed by atoms with E-state index in [9.17, 15) is 14.0 Å². The van der Waals surface area contributed by atoms with E-state index in [4.69, 9.17) is 13.9 Å². The molecule has 0 saturated carbocycles. The van der Waals surface area contributed by atoms with Gasteiger partial charge in [0.2, 0.25) is 5.91 Å². The third-order valence-corrected chi connectivity index (χ3v) is 6.29. The lowest BCUT2D eigenvalue weighted by atomic mass is 9.87. The zero-order chi connectivity index (χ0) is 26.4. The van der Waals surface area contributed by atoms with Gasteiger partial charge in [-0.2, -0.15) is 0 Å². The molecule has 196 valence electrons. The first-order chi connectivity index (χ1) is 17.9. The fraction of sp³-hybridized carbons (Fsp3) is 0.379. The van der Waals surface area contributed by atoms with E-state index in [1.165, 1.54) is 12.1 Å². The Balaban J connectivity index is 1.53. The average molecular weight is 509 g/mol. The van der Waals surface area contributed by atoms with Crippen LogP contribution in [0.4, 0.5) is 4.39 Å². The first-order valence-corrected chi connectivity index (χ1v) is 12.5. The maximum atomic E-state index is 13.7. The Labute approximate surface area is 216 Å². The molecule has 1 aromatic heterocycles. The highest BCUT2D eigenvalue weighted by Gasteiger charge is 2.32. The molecular weight excluding hydrogens is 475 g/mol. The number of rotatable bonds is 10. The predicted octanol–water partition coefficient (Wildman–Crippen LogP) is 4.89. The van der Waals surface area contributed by atoms with Crippen LogP contribution in [0.1, 0.15) is 59.3 Å². The van der Waals surface area contributed by atoms with Gasteiger partial charge in [-0.1, -0.05) is 32.0 Å². The van der Waals surface area contributed by atoms with Crippen molar-refractivity contribution >= 4 is 11.8 Å². The number of ether oxygens (including phenoxy) is 2. The topological polar surface area (TPSA) is 81.0 Å². The van der Waals surface area contributed by atoms with Crippen molar-refractivity contribution < 1.29 is 27.9 Å². The molecule has 3 aromatic rings. The van der Waals surface area contributed by atoms with Gasteiger partial charge in [0, 0.05) is 26.6 Å². The highest BCUT2D eigenvalue weighted by Crippen LogP contribution is 2.38. The van der Waals surface area contributed by atoms with Crippen LogP contribution in [-0.2, 0) is 22.6 Å². The number of nitrogens with one attached hydrogen (secondary N) is 1. The summed E-state index contributed by atoms with van der Waals surface area (Å²) in [6.07, 6.45) is 1.18. The van der Waals surface area contributed by atoms with E-state index in [0.717, 1.165) is 23.1 Å². The van der Waals surface area contributed by atoms with Gasteiger partial charge in [-0.15, -0.1) is 0 Å². The van der Waals surface area contributed by atoms with Crippen molar-refractivity contribution in [3.63, 3.8) is 0 Å². The summed E-state index contributed by atoms with van der Waals surface area (Å²) in [7, 11) is 1.57. The highest BCUT2D eigenvalue weighted by molar-refractivity contribution is 5.91. The molecule has 8 heteroatoms. The van der Waals surface area contributed by atoms with Crippen LogP contribution in [0, 0.1) is 11.7 Å². The van der Waals surface area contributed by atoms with E-state index >= 15 is 0 Å². The van der Waals surface area contributed by atoms with Crippen molar-refractivity contribution in [2.45, 2.75) is 39.3 Å². The van der Waals surface area contributed by atoms with Crippen LogP contribution in [0.15, 0.2) is 59.0 Å². The summed E-state index contributed by atoms with van der Waals surface area (Å²) in [6, 6.07) is 15.2. The van der Waals surface area contributed by atoms with E-state index in [0.29, 0.717) is 37.6 Å². The maximum Gasteiger partial charge on any atom is 0.287 e. The first kappa shape index (κ1) is 26.4. The number of nitrogens with zero attached hydrogens (tertiary/aromatic N) is 1. The number of fused-ring (bicyclic) bond motifs is 1. The van der Waals surface area contributed by atoms with Gasteiger partial charge in [-0.3, -0.25) is 9.59 Å². The van der Waals surface area contributed by atoms with Gasteiger partial charge in [0.1, 0.15) is 23.9 Å². The third-order valence-electron chi connectivity index (χ3n) is 6.29. The molecule has 37 heavy (non-hydrogen) atoms. The molecule has 0 aliphatic carbocycles. The summed E-state index contributed by atoms with van der Waals surface area (Å²) in [5.74, 6) is 1.01. The van der Waals surface area contributed by atoms with Gasteiger partial charge >= 0.3 is 0 Å². The molecule has 0 fully saturated rings. The molecule has 1 aliphatic rings. The van der Waals surface area contributed by atoms with Crippen molar-refractivity contribution in [1.29, 1.82) is 0 Å². The molecule has 0 spiro atoms. The van der Waals surface area contributed by atoms with Crippen molar-refractivity contribution in [3.05, 3.63) is 88.6 Å². The monoisotopic (exact) mass is 508 g/mol. The number of hydrogen-bond acceptors (Lipinski definition) is 5. The van der Waals surface area contributed by atoms with Crippen LogP contribution in [-0.4, -0.2) is 43.5 Å². The van der Waals surface area contributed by atoms with Crippen molar-refractivity contribution in [3.8, 4) is 5.75 Å². The molecule has 1 atom stereocenters. The summed E-state index contributed by atoms with van der Waals surface area (Å²) >= 11 is 0. The van der Waals surface area contributed by atoms with E-state index in [1.807, 2.05) is 36.9 Å². The normalized spacial score (nSPS) is 14.9. The van der Waals surface area contributed by atoms with Gasteiger partial charge in [-0.25, -0.2) is 4.39 Å². The summed E-state index contributed by atoms with van der Waals surface area (Å²) in [5, 5.41) is 2.72.